The largest absolute Gasteiger partial charge is 0.292 e. The zero-order chi connectivity index (χ0) is 14.3. The Morgan fingerprint density at radius 3 is 2.38 bits per heavy atom. The molecule has 0 radical (unpaired) electrons. The summed E-state index contributed by atoms with van der Waals surface area (Å²) in [5, 5.41) is 0. The maximum Gasteiger partial charge on any atom is 0.0601 e. The smallest absolute Gasteiger partial charge is 0.0601 e. The molecular formula is C20H27N. The number of piperidine rings is 1. The summed E-state index contributed by atoms with van der Waals surface area (Å²) >= 11 is 0. The Labute approximate surface area is 129 Å². The minimum Gasteiger partial charge on any atom is -0.292 e. The van der Waals surface area contributed by atoms with E-state index in [-0.39, 0.29) is 0 Å². The first-order valence-electron chi connectivity index (χ1n) is 8.69. The van der Waals surface area contributed by atoms with Gasteiger partial charge in [0.25, 0.3) is 0 Å². The van der Waals surface area contributed by atoms with Crippen LogP contribution < -0.4 is 0 Å². The molecule has 0 amide bonds. The van der Waals surface area contributed by atoms with E-state index in [0.717, 1.165) is 12.5 Å². The maximum absolute atomic E-state index is 3.63. The van der Waals surface area contributed by atoms with Crippen molar-refractivity contribution in [3.63, 3.8) is 0 Å². The first-order chi connectivity index (χ1) is 10.4. The Morgan fingerprint density at radius 2 is 1.67 bits per heavy atom. The molecule has 1 aromatic carbocycles. The van der Waals surface area contributed by atoms with E-state index >= 15 is 0 Å². The van der Waals surface area contributed by atoms with Gasteiger partial charge in [0, 0.05) is 5.92 Å². The van der Waals surface area contributed by atoms with Crippen LogP contribution in [0.5, 0.6) is 0 Å². The monoisotopic (exact) mass is 281 g/mol. The van der Waals surface area contributed by atoms with E-state index in [1.165, 1.54) is 63.6 Å². The van der Waals surface area contributed by atoms with Crippen molar-refractivity contribution < 1.29 is 0 Å². The van der Waals surface area contributed by atoms with Crippen LogP contribution in [0.15, 0.2) is 30.3 Å². The molecule has 3 rings (SSSR count). The molecule has 0 spiro atoms. The highest BCUT2D eigenvalue weighted by atomic mass is 15.1. The van der Waals surface area contributed by atoms with Gasteiger partial charge in [-0.25, -0.2) is 0 Å². The molecule has 1 heterocycles. The van der Waals surface area contributed by atoms with Crippen LogP contribution >= 0.6 is 0 Å². The fourth-order valence-electron chi connectivity index (χ4n) is 3.81. The third-order valence-corrected chi connectivity index (χ3v) is 5.04. The van der Waals surface area contributed by atoms with Crippen molar-refractivity contribution in [1.82, 2.24) is 4.90 Å². The van der Waals surface area contributed by atoms with Crippen LogP contribution in [0.25, 0.3) is 0 Å². The summed E-state index contributed by atoms with van der Waals surface area (Å²) in [5.41, 5.74) is 1.43. The minimum absolute atomic E-state index is 0.457. The van der Waals surface area contributed by atoms with Gasteiger partial charge in [0.15, 0.2) is 0 Å². The molecule has 2 fully saturated rings. The first-order valence-corrected chi connectivity index (χ1v) is 8.69. The molecule has 1 nitrogen and oxygen atoms in total. The van der Waals surface area contributed by atoms with Crippen LogP contribution in [0.2, 0.25) is 0 Å². The van der Waals surface area contributed by atoms with Crippen LogP contribution in [-0.2, 0) is 0 Å². The Hall–Kier alpha value is -1.26. The lowest BCUT2D eigenvalue weighted by molar-refractivity contribution is 0.255. The number of likely N-dealkylation sites (tertiary alicyclic amines) is 1. The standard InChI is InChI=1S/C20H27N/c1-3-10-18(11-4-1)20(19-12-5-6-13-19)14-9-17-21-15-7-2-8-16-21/h1,3-4,10-11,19-20H,2,5-8,12-13,15-17H2/t20-/m1/s1. The average molecular weight is 281 g/mol. The molecule has 1 saturated heterocycles. The highest BCUT2D eigenvalue weighted by Gasteiger charge is 2.24. The summed E-state index contributed by atoms with van der Waals surface area (Å²) in [7, 11) is 0. The quantitative estimate of drug-likeness (QED) is 0.740. The van der Waals surface area contributed by atoms with E-state index in [1.54, 1.807) is 0 Å². The van der Waals surface area contributed by atoms with Gasteiger partial charge in [0.05, 0.1) is 6.54 Å². The lowest BCUT2D eigenvalue weighted by Crippen LogP contribution is -2.29. The highest BCUT2D eigenvalue weighted by molar-refractivity contribution is 5.29. The van der Waals surface area contributed by atoms with Gasteiger partial charge >= 0.3 is 0 Å². The Balaban J connectivity index is 1.67. The summed E-state index contributed by atoms with van der Waals surface area (Å²) in [4.78, 5) is 2.52. The SMILES string of the molecule is C(#C[C@H](c1ccccc1)C1CCCC1)CN1CCCCC1. The zero-order valence-corrected chi connectivity index (χ0v) is 13.1. The maximum atomic E-state index is 3.63. The molecule has 2 aliphatic rings. The number of rotatable bonds is 3. The van der Waals surface area contributed by atoms with Gasteiger partial charge in [-0.3, -0.25) is 4.90 Å². The van der Waals surface area contributed by atoms with E-state index in [4.69, 9.17) is 0 Å². The molecule has 0 unspecified atom stereocenters. The number of hydrogen-bond donors (Lipinski definition) is 0. The lowest BCUT2D eigenvalue weighted by atomic mass is 9.85. The zero-order valence-electron chi connectivity index (χ0n) is 13.1. The number of benzene rings is 1. The number of nitrogens with zero attached hydrogens (tertiary/aromatic N) is 1. The minimum atomic E-state index is 0.457. The van der Waals surface area contributed by atoms with Crippen molar-refractivity contribution in [2.24, 2.45) is 5.92 Å². The van der Waals surface area contributed by atoms with Crippen LogP contribution in [0, 0.1) is 17.8 Å². The van der Waals surface area contributed by atoms with Crippen molar-refractivity contribution in [3.05, 3.63) is 35.9 Å². The van der Waals surface area contributed by atoms with Crippen molar-refractivity contribution in [1.29, 1.82) is 0 Å². The van der Waals surface area contributed by atoms with Gasteiger partial charge in [-0.15, -0.1) is 0 Å². The molecule has 1 aromatic rings. The summed E-state index contributed by atoms with van der Waals surface area (Å²) in [5.74, 6) is 8.38. The summed E-state index contributed by atoms with van der Waals surface area (Å²) < 4.78 is 0. The predicted octanol–water partition coefficient (Wildman–Crippen LogP) is 4.45. The molecule has 1 saturated carbocycles. The Morgan fingerprint density at radius 1 is 0.952 bits per heavy atom. The molecule has 1 heteroatoms. The van der Waals surface area contributed by atoms with Gasteiger partial charge in [-0.05, 0) is 50.3 Å². The molecule has 0 N–H and O–H groups in total. The van der Waals surface area contributed by atoms with Gasteiger partial charge in [0.1, 0.15) is 0 Å². The predicted molar refractivity (Wildman–Crippen MR) is 89.2 cm³/mol. The molecule has 0 bridgehead atoms. The first kappa shape index (κ1) is 14.7. The summed E-state index contributed by atoms with van der Waals surface area (Å²) in [6, 6.07) is 10.9. The molecular weight excluding hydrogens is 254 g/mol. The third-order valence-electron chi connectivity index (χ3n) is 5.04. The molecule has 1 atom stereocenters. The lowest BCUT2D eigenvalue weighted by Gasteiger charge is -2.24. The van der Waals surface area contributed by atoms with Crippen molar-refractivity contribution >= 4 is 0 Å². The average Bonchev–Trinajstić information content (AvgIpc) is 3.07. The van der Waals surface area contributed by atoms with E-state index in [9.17, 15) is 0 Å². The summed E-state index contributed by atoms with van der Waals surface area (Å²) in [6.45, 7) is 3.46. The molecule has 1 aliphatic carbocycles. The topological polar surface area (TPSA) is 3.24 Å². The van der Waals surface area contributed by atoms with Crippen molar-refractivity contribution in [3.8, 4) is 11.8 Å². The molecule has 1 aliphatic heterocycles. The molecule has 0 aromatic heterocycles. The van der Waals surface area contributed by atoms with E-state index in [2.05, 4.69) is 47.1 Å². The second-order valence-corrected chi connectivity index (χ2v) is 6.59. The summed E-state index contributed by atoms with van der Waals surface area (Å²) in [6.07, 6.45) is 9.61. The van der Waals surface area contributed by atoms with Crippen LogP contribution in [0.1, 0.15) is 56.4 Å². The van der Waals surface area contributed by atoms with Crippen LogP contribution in [0.3, 0.4) is 0 Å². The highest BCUT2D eigenvalue weighted by Crippen LogP contribution is 2.36. The van der Waals surface area contributed by atoms with Gasteiger partial charge < -0.3 is 0 Å². The van der Waals surface area contributed by atoms with Crippen LogP contribution in [-0.4, -0.2) is 24.5 Å². The van der Waals surface area contributed by atoms with E-state index in [0.29, 0.717) is 5.92 Å². The van der Waals surface area contributed by atoms with Gasteiger partial charge in [0.2, 0.25) is 0 Å². The fraction of sp³-hybridized carbons (Fsp3) is 0.600. The fourth-order valence-corrected chi connectivity index (χ4v) is 3.81. The Kier molecular flexibility index (Phi) is 5.35. The van der Waals surface area contributed by atoms with Gasteiger partial charge in [-0.2, -0.15) is 0 Å². The van der Waals surface area contributed by atoms with Crippen LogP contribution in [0.4, 0.5) is 0 Å². The second-order valence-electron chi connectivity index (χ2n) is 6.59. The Bertz CT molecular complexity index is 470. The van der Waals surface area contributed by atoms with Gasteiger partial charge in [-0.1, -0.05) is 61.4 Å². The number of hydrogen-bond acceptors (Lipinski definition) is 1. The van der Waals surface area contributed by atoms with Crippen molar-refractivity contribution in [2.75, 3.05) is 19.6 Å². The molecule has 21 heavy (non-hydrogen) atoms. The molecule has 112 valence electrons. The van der Waals surface area contributed by atoms with E-state index in [1.807, 2.05) is 0 Å². The second kappa shape index (κ2) is 7.66. The van der Waals surface area contributed by atoms with E-state index < -0.39 is 0 Å². The normalized spacial score (nSPS) is 21.7. The third kappa shape index (κ3) is 4.11. The van der Waals surface area contributed by atoms with Crippen molar-refractivity contribution in [2.45, 2.75) is 50.9 Å².